The smallest absolute Gasteiger partial charge is 0.417 e. The van der Waals surface area contributed by atoms with Gasteiger partial charge in [0, 0.05) is 13.1 Å². The highest BCUT2D eigenvalue weighted by Gasteiger charge is 2.37. The van der Waals surface area contributed by atoms with Crippen molar-refractivity contribution in [2.24, 2.45) is 5.41 Å². The Morgan fingerprint density at radius 2 is 2.08 bits per heavy atom. The molecule has 1 aliphatic heterocycles. The summed E-state index contributed by atoms with van der Waals surface area (Å²) in [7, 11) is -3.21. The van der Waals surface area contributed by atoms with Crippen molar-refractivity contribution in [3.8, 4) is 0 Å². The van der Waals surface area contributed by atoms with Crippen LogP contribution in [-0.4, -0.2) is 41.1 Å². The normalized spacial score (nSPS) is 21.4. The van der Waals surface area contributed by atoms with E-state index in [1.54, 1.807) is 0 Å². The number of carbonyl (C=O) groups excluding carboxylic acids is 1. The van der Waals surface area contributed by atoms with Gasteiger partial charge in [0.1, 0.15) is 0 Å². The molecular weight excluding hydrogens is 373 g/mol. The highest BCUT2D eigenvalue weighted by atomic mass is 32.2. The zero-order valence-corrected chi connectivity index (χ0v) is 15.3. The van der Waals surface area contributed by atoms with Crippen LogP contribution in [0.2, 0.25) is 0 Å². The van der Waals surface area contributed by atoms with Crippen molar-refractivity contribution in [3.63, 3.8) is 0 Å². The number of carbonyl (C=O) groups is 1. The van der Waals surface area contributed by atoms with Crippen molar-refractivity contribution in [2.75, 3.05) is 26.7 Å². The average molecular weight is 394 g/mol. The van der Waals surface area contributed by atoms with Crippen LogP contribution in [0.15, 0.2) is 23.1 Å². The monoisotopic (exact) mass is 394 g/mol. The molecule has 0 amide bonds. The zero-order chi connectivity index (χ0) is 19.6. The second-order valence-corrected chi connectivity index (χ2v) is 8.38. The van der Waals surface area contributed by atoms with Crippen LogP contribution >= 0.6 is 0 Å². The number of methoxy groups -OCH3 is 1. The highest BCUT2D eigenvalue weighted by molar-refractivity contribution is 7.89. The number of sulfonamides is 1. The molecule has 26 heavy (non-hydrogen) atoms. The highest BCUT2D eigenvalue weighted by Crippen LogP contribution is 2.34. The van der Waals surface area contributed by atoms with Crippen molar-refractivity contribution in [1.82, 2.24) is 10.0 Å². The van der Waals surface area contributed by atoms with E-state index >= 15 is 0 Å². The number of hydrogen-bond acceptors (Lipinski definition) is 5. The Bertz CT molecular complexity index is 772. The van der Waals surface area contributed by atoms with E-state index in [2.05, 4.69) is 14.8 Å². The minimum absolute atomic E-state index is 0.0996. The van der Waals surface area contributed by atoms with E-state index in [-0.39, 0.29) is 12.0 Å². The maximum atomic E-state index is 13.2. The fraction of sp³-hybridized carbons (Fsp3) is 0.562. The molecule has 1 atom stereocenters. The van der Waals surface area contributed by atoms with Crippen LogP contribution in [0.1, 0.15) is 35.7 Å². The molecule has 2 rings (SSSR count). The molecule has 0 radical (unpaired) electrons. The molecular formula is C16H21F3N2O4S. The molecule has 0 bridgehead atoms. The summed E-state index contributed by atoms with van der Waals surface area (Å²) >= 11 is 0. The van der Waals surface area contributed by atoms with Gasteiger partial charge in [0.15, 0.2) is 0 Å². The van der Waals surface area contributed by atoms with Gasteiger partial charge in [-0.05, 0) is 43.0 Å². The molecule has 1 aromatic carbocycles. The number of benzene rings is 1. The minimum atomic E-state index is -4.89. The van der Waals surface area contributed by atoms with Gasteiger partial charge in [-0.3, -0.25) is 0 Å². The lowest BCUT2D eigenvalue weighted by Gasteiger charge is -2.34. The van der Waals surface area contributed by atoms with E-state index in [4.69, 9.17) is 0 Å². The second-order valence-electron chi connectivity index (χ2n) is 6.61. The van der Waals surface area contributed by atoms with Gasteiger partial charge in [-0.2, -0.15) is 13.2 Å². The Labute approximate surface area is 150 Å². The van der Waals surface area contributed by atoms with Gasteiger partial charge in [-0.15, -0.1) is 0 Å². The summed E-state index contributed by atoms with van der Waals surface area (Å²) in [5.41, 5.74) is -2.40. The Hall–Kier alpha value is -1.65. The third kappa shape index (κ3) is 4.74. The number of halogens is 3. The fourth-order valence-corrected chi connectivity index (χ4v) is 4.06. The van der Waals surface area contributed by atoms with E-state index in [1.807, 2.05) is 6.92 Å². The molecule has 1 saturated heterocycles. The van der Waals surface area contributed by atoms with Crippen molar-refractivity contribution in [1.29, 1.82) is 0 Å². The lowest BCUT2D eigenvalue weighted by atomic mass is 9.83. The summed E-state index contributed by atoms with van der Waals surface area (Å²) < 4.78 is 71.2. The van der Waals surface area contributed by atoms with Gasteiger partial charge >= 0.3 is 12.1 Å². The SMILES string of the molecule is COC(=O)c1ccc(S(=O)(=O)NCC2(C)CCCNC2)cc1C(F)(F)F. The molecule has 0 spiro atoms. The Kier molecular flexibility index (Phi) is 5.99. The summed E-state index contributed by atoms with van der Waals surface area (Å²) in [5.74, 6) is -1.19. The van der Waals surface area contributed by atoms with Gasteiger partial charge in [-0.1, -0.05) is 6.92 Å². The van der Waals surface area contributed by atoms with Crippen LogP contribution in [-0.2, 0) is 20.9 Å². The van der Waals surface area contributed by atoms with Crippen molar-refractivity contribution in [3.05, 3.63) is 29.3 Å². The molecule has 0 saturated carbocycles. The van der Waals surface area contributed by atoms with Crippen LogP contribution < -0.4 is 10.0 Å². The predicted molar refractivity (Wildman–Crippen MR) is 88.2 cm³/mol. The fourth-order valence-electron chi connectivity index (χ4n) is 2.84. The average Bonchev–Trinajstić information content (AvgIpc) is 2.59. The summed E-state index contributed by atoms with van der Waals surface area (Å²) in [6.45, 7) is 3.47. The van der Waals surface area contributed by atoms with Crippen LogP contribution in [0, 0.1) is 5.41 Å². The maximum absolute atomic E-state index is 13.2. The van der Waals surface area contributed by atoms with Gasteiger partial charge in [-0.25, -0.2) is 17.9 Å². The quantitative estimate of drug-likeness (QED) is 0.748. The number of alkyl halides is 3. The van der Waals surface area contributed by atoms with Crippen molar-refractivity contribution >= 4 is 16.0 Å². The first-order valence-corrected chi connectivity index (χ1v) is 9.47. The molecule has 2 N–H and O–H groups in total. The predicted octanol–water partition coefficient (Wildman–Crippen LogP) is 2.16. The number of hydrogen-bond donors (Lipinski definition) is 2. The van der Waals surface area contributed by atoms with Crippen LogP contribution in [0.4, 0.5) is 13.2 Å². The molecule has 0 aromatic heterocycles. The van der Waals surface area contributed by atoms with Crippen LogP contribution in [0.3, 0.4) is 0 Å². The molecule has 1 fully saturated rings. The Morgan fingerprint density at radius 3 is 2.62 bits per heavy atom. The molecule has 10 heteroatoms. The lowest BCUT2D eigenvalue weighted by molar-refractivity contribution is -0.138. The number of piperidine rings is 1. The topological polar surface area (TPSA) is 84.5 Å². The molecule has 1 heterocycles. The van der Waals surface area contributed by atoms with Crippen LogP contribution in [0.25, 0.3) is 0 Å². The van der Waals surface area contributed by atoms with E-state index in [1.165, 1.54) is 0 Å². The summed E-state index contributed by atoms with van der Waals surface area (Å²) in [4.78, 5) is 11.0. The summed E-state index contributed by atoms with van der Waals surface area (Å²) in [6.07, 6.45) is -3.20. The van der Waals surface area contributed by atoms with E-state index in [0.29, 0.717) is 12.6 Å². The van der Waals surface area contributed by atoms with Crippen molar-refractivity contribution < 1.29 is 31.1 Å². The minimum Gasteiger partial charge on any atom is -0.465 e. The summed E-state index contributed by atoms with van der Waals surface area (Å²) in [5, 5.41) is 3.17. The van der Waals surface area contributed by atoms with Crippen molar-refractivity contribution in [2.45, 2.75) is 30.8 Å². The Balaban J connectivity index is 2.30. The van der Waals surface area contributed by atoms with Crippen LogP contribution in [0.5, 0.6) is 0 Å². The number of ether oxygens (including phenoxy) is 1. The third-order valence-corrected chi connectivity index (χ3v) is 5.79. The standard InChI is InChI=1S/C16H21F3N2O4S/c1-15(6-3-7-20-9-15)10-21-26(23,24)11-4-5-12(14(22)25-2)13(8-11)16(17,18)19/h4-5,8,20-21H,3,6-7,9-10H2,1-2H3. The molecule has 1 aliphatic rings. The largest absolute Gasteiger partial charge is 0.465 e. The first-order chi connectivity index (χ1) is 12.0. The van der Waals surface area contributed by atoms with E-state index in [9.17, 15) is 26.4 Å². The van der Waals surface area contributed by atoms with E-state index in [0.717, 1.165) is 38.6 Å². The van der Waals surface area contributed by atoms with Gasteiger partial charge in [0.25, 0.3) is 0 Å². The molecule has 1 unspecified atom stereocenters. The molecule has 0 aliphatic carbocycles. The first-order valence-electron chi connectivity index (χ1n) is 7.98. The molecule has 146 valence electrons. The van der Waals surface area contributed by atoms with E-state index < -0.39 is 38.2 Å². The second kappa shape index (κ2) is 7.53. The lowest BCUT2D eigenvalue weighted by Crippen LogP contribution is -2.45. The molecule has 1 aromatic rings. The summed E-state index contributed by atoms with van der Waals surface area (Å²) in [6, 6.07) is 2.23. The number of esters is 1. The third-order valence-electron chi connectivity index (χ3n) is 4.39. The van der Waals surface area contributed by atoms with Gasteiger partial charge in [0.2, 0.25) is 10.0 Å². The molecule has 6 nitrogen and oxygen atoms in total. The number of rotatable bonds is 5. The van der Waals surface area contributed by atoms with Gasteiger partial charge < -0.3 is 10.1 Å². The first kappa shape index (κ1) is 20.7. The maximum Gasteiger partial charge on any atom is 0.417 e. The number of nitrogens with one attached hydrogen (secondary N) is 2. The van der Waals surface area contributed by atoms with Gasteiger partial charge in [0.05, 0.1) is 23.1 Å². The zero-order valence-electron chi connectivity index (χ0n) is 14.4. The Morgan fingerprint density at radius 1 is 1.38 bits per heavy atom.